The van der Waals surface area contributed by atoms with Gasteiger partial charge in [0, 0.05) is 12.1 Å². The minimum Gasteiger partial charge on any atom is -0.280 e. The molecule has 0 heterocycles. The van der Waals surface area contributed by atoms with Crippen LogP contribution in [0.1, 0.15) is 6.92 Å². The van der Waals surface area contributed by atoms with Crippen LogP contribution in [0.4, 0.5) is 11.4 Å². The van der Waals surface area contributed by atoms with Crippen LogP contribution in [0.3, 0.4) is 0 Å². The molecule has 6 nitrogen and oxygen atoms in total. The van der Waals surface area contributed by atoms with E-state index in [0.29, 0.717) is 5.69 Å². The number of benzene rings is 1. The van der Waals surface area contributed by atoms with Crippen molar-refractivity contribution in [2.75, 3.05) is 5.43 Å². The number of hydrogen-bond acceptors (Lipinski definition) is 5. The summed E-state index contributed by atoms with van der Waals surface area (Å²) in [6.45, 7) is 1.54. The highest BCUT2D eigenvalue weighted by atomic mass is 79.9. The Balaban J connectivity index is 2.73. The number of nitro groups is 1. The number of hydrogen-bond donors (Lipinski definition) is 1. The van der Waals surface area contributed by atoms with Gasteiger partial charge in [-0.3, -0.25) is 20.3 Å². The lowest BCUT2D eigenvalue weighted by atomic mass is 10.3. The average molecular weight is 286 g/mol. The predicted molar refractivity (Wildman–Crippen MR) is 63.8 cm³/mol. The van der Waals surface area contributed by atoms with E-state index in [1.165, 1.54) is 31.2 Å². The topological polar surface area (TPSA) is 84.6 Å². The van der Waals surface area contributed by atoms with Gasteiger partial charge in [0.2, 0.25) is 4.69 Å². The standard InChI is InChI=1S/C9H8BrN3O3/c1-6(9(10)14)11-12-7-2-4-8(5-3-7)13(15)16/h2-5,12H,1H3/b11-6+. The van der Waals surface area contributed by atoms with Crippen LogP contribution in [-0.4, -0.2) is 15.3 Å². The highest BCUT2D eigenvalue weighted by Gasteiger charge is 2.03. The Bertz CT molecular complexity index is 442. The van der Waals surface area contributed by atoms with Gasteiger partial charge in [-0.25, -0.2) is 0 Å². The van der Waals surface area contributed by atoms with Crippen molar-refractivity contribution in [2.45, 2.75) is 6.92 Å². The third kappa shape index (κ3) is 3.43. The van der Waals surface area contributed by atoms with E-state index < -0.39 is 4.92 Å². The Morgan fingerprint density at radius 3 is 2.44 bits per heavy atom. The molecule has 0 atom stereocenters. The Labute approximate surface area is 99.6 Å². The number of nitrogens with zero attached hydrogens (tertiary/aromatic N) is 2. The number of carbonyl (C=O) groups excluding carboxylic acids is 1. The largest absolute Gasteiger partial charge is 0.280 e. The molecular weight excluding hydrogens is 278 g/mol. The smallest absolute Gasteiger partial charge is 0.269 e. The van der Waals surface area contributed by atoms with Crippen molar-refractivity contribution in [3.63, 3.8) is 0 Å². The predicted octanol–water partition coefficient (Wildman–Crippen LogP) is 2.30. The van der Waals surface area contributed by atoms with Crippen molar-refractivity contribution in [2.24, 2.45) is 5.10 Å². The molecule has 0 amide bonds. The van der Waals surface area contributed by atoms with Gasteiger partial charge in [0.05, 0.1) is 10.6 Å². The maximum atomic E-state index is 10.8. The van der Waals surface area contributed by atoms with E-state index in [2.05, 4.69) is 26.5 Å². The third-order valence-electron chi connectivity index (χ3n) is 1.72. The van der Waals surface area contributed by atoms with E-state index in [4.69, 9.17) is 0 Å². The lowest BCUT2D eigenvalue weighted by molar-refractivity contribution is -0.384. The SMILES string of the molecule is C/C(=N\Nc1ccc([N+](=O)[O-])cc1)C(=O)Br. The van der Waals surface area contributed by atoms with Crippen molar-refractivity contribution in [3.05, 3.63) is 34.4 Å². The van der Waals surface area contributed by atoms with E-state index in [-0.39, 0.29) is 16.1 Å². The Kier molecular flexibility index (Phi) is 4.12. The van der Waals surface area contributed by atoms with Gasteiger partial charge in [0.1, 0.15) is 5.71 Å². The molecule has 1 aromatic carbocycles. The summed E-state index contributed by atoms with van der Waals surface area (Å²) in [6.07, 6.45) is 0. The van der Waals surface area contributed by atoms with Gasteiger partial charge in [-0.15, -0.1) is 0 Å². The summed E-state index contributed by atoms with van der Waals surface area (Å²) in [5, 5.41) is 14.1. The third-order valence-corrected chi connectivity index (χ3v) is 2.29. The number of carbonyl (C=O) groups is 1. The molecule has 84 valence electrons. The molecule has 0 saturated heterocycles. The summed E-state index contributed by atoms with van der Waals surface area (Å²) in [5.41, 5.74) is 3.44. The van der Waals surface area contributed by atoms with Crippen LogP contribution < -0.4 is 5.43 Å². The van der Waals surface area contributed by atoms with Crippen molar-refractivity contribution < 1.29 is 9.72 Å². The van der Waals surface area contributed by atoms with Gasteiger partial charge >= 0.3 is 0 Å². The van der Waals surface area contributed by atoms with Gasteiger partial charge in [-0.2, -0.15) is 5.10 Å². The zero-order valence-corrected chi connectivity index (χ0v) is 9.89. The van der Waals surface area contributed by atoms with Crippen molar-refractivity contribution in [3.8, 4) is 0 Å². The lowest BCUT2D eigenvalue weighted by Gasteiger charge is -2.00. The van der Waals surface area contributed by atoms with Crippen LogP contribution in [0.15, 0.2) is 29.4 Å². The second-order valence-corrected chi connectivity index (χ2v) is 3.61. The maximum Gasteiger partial charge on any atom is 0.269 e. The van der Waals surface area contributed by atoms with Gasteiger partial charge in [-0.1, -0.05) is 0 Å². The highest BCUT2D eigenvalue weighted by Crippen LogP contribution is 2.15. The molecule has 0 aliphatic rings. The lowest BCUT2D eigenvalue weighted by Crippen LogP contribution is -2.04. The number of rotatable bonds is 4. The second kappa shape index (κ2) is 5.36. The molecule has 1 aromatic rings. The number of non-ortho nitro benzene ring substituents is 1. The molecular formula is C9H8BrN3O3. The summed E-state index contributed by atoms with van der Waals surface area (Å²) in [6, 6.07) is 5.72. The van der Waals surface area contributed by atoms with Crippen molar-refractivity contribution in [1.82, 2.24) is 0 Å². The molecule has 7 heteroatoms. The molecule has 0 aromatic heterocycles. The van der Waals surface area contributed by atoms with Gasteiger partial charge in [-0.05, 0) is 35.0 Å². The molecule has 0 saturated carbocycles. The highest BCUT2D eigenvalue weighted by molar-refractivity contribution is 9.19. The van der Waals surface area contributed by atoms with Gasteiger partial charge in [0.25, 0.3) is 5.69 Å². The van der Waals surface area contributed by atoms with E-state index in [9.17, 15) is 14.9 Å². The number of nitro benzene ring substituents is 1. The van der Waals surface area contributed by atoms with Crippen LogP contribution >= 0.6 is 15.9 Å². The quantitative estimate of drug-likeness (QED) is 0.398. The number of anilines is 1. The van der Waals surface area contributed by atoms with Crippen LogP contribution in [0, 0.1) is 10.1 Å². The fourth-order valence-electron chi connectivity index (χ4n) is 0.850. The molecule has 1 N–H and O–H groups in total. The minimum atomic E-state index is -0.486. The average Bonchev–Trinajstić information content (AvgIpc) is 2.26. The first-order valence-corrected chi connectivity index (χ1v) is 5.04. The van der Waals surface area contributed by atoms with E-state index in [1.807, 2.05) is 0 Å². The number of halogens is 1. The molecule has 1 rings (SSSR count). The molecule has 0 spiro atoms. The molecule has 0 aliphatic carbocycles. The first-order valence-electron chi connectivity index (χ1n) is 4.25. The summed E-state index contributed by atoms with van der Waals surface area (Å²) < 4.78 is -0.318. The normalized spacial score (nSPS) is 11.0. The first-order chi connectivity index (χ1) is 7.50. The first kappa shape index (κ1) is 12.3. The summed E-state index contributed by atoms with van der Waals surface area (Å²) in [7, 11) is 0. The fraction of sp³-hybridized carbons (Fsp3) is 0.111. The summed E-state index contributed by atoms with van der Waals surface area (Å²) in [4.78, 5) is 20.7. The molecule has 0 radical (unpaired) electrons. The van der Waals surface area contributed by atoms with Gasteiger partial charge < -0.3 is 0 Å². The van der Waals surface area contributed by atoms with Gasteiger partial charge in [0.15, 0.2) is 0 Å². The maximum absolute atomic E-state index is 10.8. The Morgan fingerprint density at radius 1 is 1.44 bits per heavy atom. The summed E-state index contributed by atoms with van der Waals surface area (Å²) in [5.74, 6) is 0. The van der Waals surface area contributed by atoms with E-state index >= 15 is 0 Å². The molecule has 0 unspecified atom stereocenters. The van der Waals surface area contributed by atoms with E-state index in [0.717, 1.165) is 0 Å². The summed E-state index contributed by atoms with van der Waals surface area (Å²) >= 11 is 2.75. The monoisotopic (exact) mass is 285 g/mol. The molecule has 0 fully saturated rings. The van der Waals surface area contributed by atoms with Crippen LogP contribution in [0.25, 0.3) is 0 Å². The molecule has 16 heavy (non-hydrogen) atoms. The zero-order chi connectivity index (χ0) is 12.1. The molecule has 0 bridgehead atoms. The van der Waals surface area contributed by atoms with E-state index in [1.54, 1.807) is 0 Å². The Hall–Kier alpha value is -1.76. The van der Waals surface area contributed by atoms with Crippen LogP contribution in [-0.2, 0) is 4.79 Å². The zero-order valence-electron chi connectivity index (χ0n) is 8.31. The minimum absolute atomic E-state index is 0.00261. The van der Waals surface area contributed by atoms with Crippen molar-refractivity contribution in [1.29, 1.82) is 0 Å². The molecule has 0 aliphatic heterocycles. The van der Waals surface area contributed by atoms with Crippen molar-refractivity contribution >= 4 is 37.7 Å². The number of nitrogens with one attached hydrogen (secondary N) is 1. The number of hydrazone groups is 1. The second-order valence-electron chi connectivity index (χ2n) is 2.89. The van der Waals surface area contributed by atoms with Crippen LogP contribution in [0.2, 0.25) is 0 Å². The fourth-order valence-corrected chi connectivity index (χ4v) is 0.939. The van der Waals surface area contributed by atoms with Crippen LogP contribution in [0.5, 0.6) is 0 Å². The Morgan fingerprint density at radius 2 is 2.00 bits per heavy atom.